The van der Waals surface area contributed by atoms with Crippen LogP contribution in [0.3, 0.4) is 0 Å². The van der Waals surface area contributed by atoms with Crippen molar-refractivity contribution in [1.29, 1.82) is 0 Å². The highest BCUT2D eigenvalue weighted by atomic mass is 19.4. The Kier molecular flexibility index (Phi) is 6.67. The third-order valence-corrected chi connectivity index (χ3v) is 5.27. The van der Waals surface area contributed by atoms with Gasteiger partial charge in [-0.2, -0.15) is 13.2 Å². The number of aromatic nitrogens is 2. The van der Waals surface area contributed by atoms with E-state index >= 15 is 0 Å². The zero-order valence-corrected chi connectivity index (χ0v) is 18.7. The Hall–Kier alpha value is -3.28. The molecular weight excluding hydrogens is 480 g/mol. The molecular formula is C23H21F6N3O3. The number of aryl methyl sites for hydroxylation is 1. The van der Waals surface area contributed by atoms with Gasteiger partial charge < -0.3 is 19.5 Å². The monoisotopic (exact) mass is 501 g/mol. The lowest BCUT2D eigenvalue weighted by atomic mass is 10.1. The Balaban J connectivity index is 1.54. The summed E-state index contributed by atoms with van der Waals surface area (Å²) in [6.07, 6.45) is -6.09. The maximum Gasteiger partial charge on any atom is 0.416 e. The number of fused-ring (bicyclic) bond motifs is 1. The fraction of sp³-hybridized carbons (Fsp3) is 0.391. The molecule has 1 fully saturated rings. The molecule has 1 heterocycles. The van der Waals surface area contributed by atoms with E-state index in [9.17, 15) is 26.3 Å². The van der Waals surface area contributed by atoms with E-state index in [1.54, 1.807) is 19.1 Å². The van der Waals surface area contributed by atoms with E-state index in [0.29, 0.717) is 28.5 Å². The number of nitrogens with one attached hydrogen (secondary N) is 1. The van der Waals surface area contributed by atoms with Crippen molar-refractivity contribution >= 4 is 16.7 Å². The molecule has 1 aromatic heterocycles. The summed E-state index contributed by atoms with van der Waals surface area (Å²) in [6.45, 7) is 1.42. The molecule has 1 saturated carbocycles. The van der Waals surface area contributed by atoms with E-state index in [1.807, 2.05) is 0 Å². The van der Waals surface area contributed by atoms with Gasteiger partial charge >= 0.3 is 6.18 Å². The molecule has 1 atom stereocenters. The molecule has 3 aromatic rings. The van der Waals surface area contributed by atoms with Crippen LogP contribution in [0.2, 0.25) is 0 Å². The van der Waals surface area contributed by atoms with Gasteiger partial charge in [-0.25, -0.2) is 23.1 Å². The van der Waals surface area contributed by atoms with Gasteiger partial charge in [-0.3, -0.25) is 0 Å². The number of alkyl halides is 5. The van der Waals surface area contributed by atoms with Crippen molar-refractivity contribution in [3.63, 3.8) is 0 Å². The average Bonchev–Trinajstić information content (AvgIpc) is 3.39. The lowest BCUT2D eigenvalue weighted by molar-refractivity contribution is -0.137. The van der Waals surface area contributed by atoms with Gasteiger partial charge in [0.2, 0.25) is 0 Å². The van der Waals surface area contributed by atoms with E-state index in [4.69, 9.17) is 14.2 Å². The van der Waals surface area contributed by atoms with Crippen LogP contribution in [0, 0.1) is 12.7 Å². The van der Waals surface area contributed by atoms with E-state index in [2.05, 4.69) is 15.3 Å². The van der Waals surface area contributed by atoms with E-state index in [0.717, 1.165) is 12.1 Å². The fourth-order valence-corrected chi connectivity index (χ4v) is 3.47. The molecule has 1 aliphatic carbocycles. The number of anilines is 1. The normalized spacial score (nSPS) is 16.9. The van der Waals surface area contributed by atoms with Crippen LogP contribution in [0.25, 0.3) is 10.9 Å². The molecule has 188 valence electrons. The molecule has 1 unspecified atom stereocenters. The number of halogens is 6. The van der Waals surface area contributed by atoms with Crippen molar-refractivity contribution in [3.05, 3.63) is 53.1 Å². The van der Waals surface area contributed by atoms with Gasteiger partial charge in [0.1, 0.15) is 30.2 Å². The van der Waals surface area contributed by atoms with Crippen LogP contribution >= 0.6 is 0 Å². The van der Waals surface area contributed by atoms with Gasteiger partial charge in [0.25, 0.3) is 5.92 Å². The number of ether oxygens (including phenoxy) is 3. The maximum atomic E-state index is 13.7. The van der Waals surface area contributed by atoms with E-state index in [1.165, 1.54) is 7.11 Å². The molecule has 1 N–H and O–H groups in total. The standard InChI is InChI=1S/C23H21F6N3O3/c1-12-31-17-9-18(33-2)19(34-3-4-35-20-10-22(20,25)26)8-16(17)21(32-12)30-11-13-5-14(23(27,28)29)7-15(24)6-13/h5-9,20H,3-4,10-11H2,1-2H3,(H,30,31,32). The molecule has 6 nitrogen and oxygen atoms in total. The summed E-state index contributed by atoms with van der Waals surface area (Å²) in [7, 11) is 1.42. The first-order valence-corrected chi connectivity index (χ1v) is 10.6. The predicted octanol–water partition coefficient (Wildman–Crippen LogP) is 5.52. The first-order chi connectivity index (χ1) is 16.5. The summed E-state index contributed by atoms with van der Waals surface area (Å²) in [5, 5.41) is 3.39. The van der Waals surface area contributed by atoms with Crippen LogP contribution < -0.4 is 14.8 Å². The van der Waals surface area contributed by atoms with Gasteiger partial charge in [-0.15, -0.1) is 0 Å². The van der Waals surface area contributed by atoms with Gasteiger partial charge in [0.05, 0.1) is 24.8 Å². The van der Waals surface area contributed by atoms with Gasteiger partial charge in [0, 0.05) is 24.4 Å². The smallest absolute Gasteiger partial charge is 0.416 e. The molecule has 0 amide bonds. The molecule has 4 rings (SSSR count). The summed E-state index contributed by atoms with van der Waals surface area (Å²) in [6, 6.07) is 5.43. The van der Waals surface area contributed by atoms with Crippen molar-refractivity contribution < 1.29 is 40.6 Å². The SMILES string of the molecule is COc1cc2nc(C)nc(NCc3cc(F)cc(C(F)(F)F)c3)c2cc1OCCOC1CC1(F)F. The van der Waals surface area contributed by atoms with E-state index < -0.39 is 29.6 Å². The minimum atomic E-state index is -4.68. The van der Waals surface area contributed by atoms with Crippen molar-refractivity contribution in [2.24, 2.45) is 0 Å². The maximum absolute atomic E-state index is 13.7. The first-order valence-electron chi connectivity index (χ1n) is 10.6. The molecule has 12 heteroatoms. The summed E-state index contributed by atoms with van der Waals surface area (Å²) < 4.78 is 94.7. The molecule has 2 aromatic carbocycles. The van der Waals surface area contributed by atoms with Gasteiger partial charge in [-0.05, 0) is 36.8 Å². The summed E-state index contributed by atoms with van der Waals surface area (Å²) in [4.78, 5) is 8.65. The van der Waals surface area contributed by atoms with Gasteiger partial charge in [0.15, 0.2) is 11.5 Å². The summed E-state index contributed by atoms with van der Waals surface area (Å²) in [5.41, 5.74) is -0.557. The Morgan fingerprint density at radius 2 is 1.80 bits per heavy atom. The minimum Gasteiger partial charge on any atom is -0.493 e. The summed E-state index contributed by atoms with van der Waals surface area (Å²) in [5.74, 6) is -2.53. The number of methoxy groups -OCH3 is 1. The topological polar surface area (TPSA) is 65.5 Å². The predicted molar refractivity (Wildman–Crippen MR) is 114 cm³/mol. The first kappa shape index (κ1) is 24.8. The second kappa shape index (κ2) is 9.40. The molecule has 0 bridgehead atoms. The third kappa shape index (κ3) is 5.87. The van der Waals surface area contributed by atoms with Crippen LogP contribution in [-0.4, -0.2) is 42.3 Å². The van der Waals surface area contributed by atoms with E-state index in [-0.39, 0.29) is 43.3 Å². The van der Waals surface area contributed by atoms with Crippen LogP contribution in [0.5, 0.6) is 11.5 Å². The summed E-state index contributed by atoms with van der Waals surface area (Å²) >= 11 is 0. The lowest BCUT2D eigenvalue weighted by Gasteiger charge is -2.15. The molecule has 0 spiro atoms. The largest absolute Gasteiger partial charge is 0.493 e. The van der Waals surface area contributed by atoms with Crippen molar-refractivity contribution in [1.82, 2.24) is 9.97 Å². The molecule has 0 aliphatic heterocycles. The van der Waals surface area contributed by atoms with Crippen LogP contribution in [0.15, 0.2) is 30.3 Å². The van der Waals surface area contributed by atoms with Crippen molar-refractivity contribution in [2.75, 3.05) is 25.6 Å². The number of nitrogens with zero attached hydrogens (tertiary/aromatic N) is 2. The quantitative estimate of drug-likeness (QED) is 0.308. The van der Waals surface area contributed by atoms with Crippen molar-refractivity contribution in [2.45, 2.75) is 38.1 Å². The molecule has 0 radical (unpaired) electrons. The molecule has 0 saturated heterocycles. The van der Waals surface area contributed by atoms with Crippen LogP contribution in [-0.2, 0) is 17.5 Å². The Morgan fingerprint density at radius 3 is 2.46 bits per heavy atom. The highest BCUT2D eigenvalue weighted by Crippen LogP contribution is 2.44. The minimum absolute atomic E-state index is 0.0204. The Labute approximate surface area is 196 Å². The number of hydrogen-bond donors (Lipinski definition) is 1. The fourth-order valence-electron chi connectivity index (χ4n) is 3.47. The third-order valence-electron chi connectivity index (χ3n) is 5.27. The van der Waals surface area contributed by atoms with Crippen molar-refractivity contribution in [3.8, 4) is 11.5 Å². The number of benzene rings is 2. The molecule has 1 aliphatic rings. The Morgan fingerprint density at radius 1 is 1.06 bits per heavy atom. The van der Waals surface area contributed by atoms with Gasteiger partial charge in [-0.1, -0.05) is 0 Å². The van der Waals surface area contributed by atoms with Crippen LogP contribution in [0.4, 0.5) is 32.2 Å². The highest BCUT2D eigenvalue weighted by molar-refractivity contribution is 5.91. The number of hydrogen-bond acceptors (Lipinski definition) is 6. The molecule has 35 heavy (non-hydrogen) atoms. The number of rotatable bonds is 9. The zero-order chi connectivity index (χ0) is 25.4. The second-order valence-corrected chi connectivity index (χ2v) is 8.01. The highest BCUT2D eigenvalue weighted by Gasteiger charge is 2.58. The van der Waals surface area contributed by atoms with Crippen LogP contribution in [0.1, 0.15) is 23.4 Å². The second-order valence-electron chi connectivity index (χ2n) is 8.01. The average molecular weight is 501 g/mol. The Bertz CT molecular complexity index is 1240. The zero-order valence-electron chi connectivity index (χ0n) is 18.7. The lowest BCUT2D eigenvalue weighted by Crippen LogP contribution is -2.12.